The molecule has 0 aliphatic carbocycles. The Kier molecular flexibility index (Phi) is 4.74. The molecule has 4 nitrogen and oxygen atoms in total. The van der Waals surface area contributed by atoms with Gasteiger partial charge in [-0.05, 0) is 24.2 Å². The molecule has 1 aliphatic heterocycles. The Hall–Kier alpha value is -0.610. The van der Waals surface area contributed by atoms with E-state index >= 15 is 0 Å². The highest BCUT2D eigenvalue weighted by Crippen LogP contribution is 2.18. The predicted molar refractivity (Wildman–Crippen MR) is 64.0 cm³/mol. The molecule has 1 heterocycles. The maximum atomic E-state index is 11.7. The number of nitrogens with two attached hydrogens (primary N) is 1. The molecule has 0 aromatic carbocycles. The topological polar surface area (TPSA) is 64.4 Å². The van der Waals surface area contributed by atoms with E-state index in [-0.39, 0.29) is 11.3 Å². The number of hydrogen-bond acceptors (Lipinski definition) is 3. The van der Waals surface area contributed by atoms with Gasteiger partial charge < -0.3 is 15.8 Å². The molecule has 0 saturated carbocycles. The SMILES string of the molecule is CC(C)(C)[C@@H](N)C(=O)NCCC1CCOC1. The maximum absolute atomic E-state index is 11.7. The lowest BCUT2D eigenvalue weighted by molar-refractivity contribution is -0.124. The third kappa shape index (κ3) is 4.10. The smallest absolute Gasteiger partial charge is 0.237 e. The normalized spacial score (nSPS) is 23.1. The molecular formula is C12H24N2O2. The van der Waals surface area contributed by atoms with Crippen LogP contribution in [0.15, 0.2) is 0 Å². The van der Waals surface area contributed by atoms with E-state index in [1.54, 1.807) is 0 Å². The van der Waals surface area contributed by atoms with Crippen molar-refractivity contribution in [2.75, 3.05) is 19.8 Å². The molecule has 0 aromatic heterocycles. The molecule has 2 atom stereocenters. The van der Waals surface area contributed by atoms with Crippen molar-refractivity contribution in [2.24, 2.45) is 17.1 Å². The lowest BCUT2D eigenvalue weighted by atomic mass is 9.87. The molecule has 0 aromatic rings. The van der Waals surface area contributed by atoms with E-state index in [0.717, 1.165) is 26.1 Å². The largest absolute Gasteiger partial charge is 0.381 e. The van der Waals surface area contributed by atoms with Gasteiger partial charge in [0.2, 0.25) is 5.91 Å². The van der Waals surface area contributed by atoms with E-state index in [1.165, 1.54) is 0 Å². The van der Waals surface area contributed by atoms with E-state index in [2.05, 4.69) is 5.32 Å². The van der Waals surface area contributed by atoms with Crippen molar-refractivity contribution in [2.45, 2.75) is 39.7 Å². The number of hydrogen-bond donors (Lipinski definition) is 2. The van der Waals surface area contributed by atoms with Gasteiger partial charge >= 0.3 is 0 Å². The lowest BCUT2D eigenvalue weighted by Gasteiger charge is -2.26. The summed E-state index contributed by atoms with van der Waals surface area (Å²) in [4.78, 5) is 11.7. The summed E-state index contributed by atoms with van der Waals surface area (Å²) in [5, 5.41) is 2.90. The van der Waals surface area contributed by atoms with Crippen LogP contribution in [-0.2, 0) is 9.53 Å². The fraction of sp³-hybridized carbons (Fsp3) is 0.917. The van der Waals surface area contributed by atoms with E-state index < -0.39 is 6.04 Å². The summed E-state index contributed by atoms with van der Waals surface area (Å²) in [6.45, 7) is 8.32. The van der Waals surface area contributed by atoms with Crippen molar-refractivity contribution in [3.63, 3.8) is 0 Å². The molecular weight excluding hydrogens is 204 g/mol. The molecule has 0 radical (unpaired) electrons. The highest BCUT2D eigenvalue weighted by atomic mass is 16.5. The van der Waals surface area contributed by atoms with Crippen LogP contribution in [0.3, 0.4) is 0 Å². The van der Waals surface area contributed by atoms with Gasteiger partial charge in [-0.1, -0.05) is 20.8 Å². The Bertz CT molecular complexity index is 230. The Morgan fingerprint density at radius 3 is 2.75 bits per heavy atom. The first kappa shape index (κ1) is 13.5. The average molecular weight is 228 g/mol. The molecule has 1 rings (SSSR count). The Labute approximate surface area is 97.9 Å². The van der Waals surface area contributed by atoms with Gasteiger partial charge in [0.1, 0.15) is 0 Å². The van der Waals surface area contributed by atoms with Crippen LogP contribution >= 0.6 is 0 Å². The van der Waals surface area contributed by atoms with Crippen molar-refractivity contribution in [3.05, 3.63) is 0 Å². The fourth-order valence-electron chi connectivity index (χ4n) is 1.71. The van der Waals surface area contributed by atoms with Gasteiger partial charge in [-0.3, -0.25) is 4.79 Å². The number of ether oxygens (including phenoxy) is 1. The van der Waals surface area contributed by atoms with Gasteiger partial charge in [0.25, 0.3) is 0 Å². The molecule has 1 amide bonds. The van der Waals surface area contributed by atoms with Crippen LogP contribution in [0, 0.1) is 11.3 Å². The van der Waals surface area contributed by atoms with Gasteiger partial charge in [0.15, 0.2) is 0 Å². The monoisotopic (exact) mass is 228 g/mol. The summed E-state index contributed by atoms with van der Waals surface area (Å²) in [6, 6.07) is -0.438. The second-order valence-corrected chi connectivity index (χ2v) is 5.65. The standard InChI is InChI=1S/C12H24N2O2/c1-12(2,3)10(13)11(15)14-6-4-9-5-7-16-8-9/h9-10H,4-8,13H2,1-3H3,(H,14,15)/t9?,10-/m0/s1. The van der Waals surface area contributed by atoms with Gasteiger partial charge in [-0.2, -0.15) is 0 Å². The van der Waals surface area contributed by atoms with Gasteiger partial charge in [0.05, 0.1) is 6.04 Å². The molecule has 3 N–H and O–H groups in total. The zero-order chi connectivity index (χ0) is 12.2. The van der Waals surface area contributed by atoms with Crippen LogP contribution in [0.4, 0.5) is 0 Å². The Morgan fingerprint density at radius 2 is 2.25 bits per heavy atom. The molecule has 0 spiro atoms. The summed E-state index contributed by atoms with van der Waals surface area (Å²) in [6.07, 6.45) is 2.10. The zero-order valence-electron chi connectivity index (χ0n) is 10.6. The minimum absolute atomic E-state index is 0.0496. The zero-order valence-corrected chi connectivity index (χ0v) is 10.6. The van der Waals surface area contributed by atoms with Gasteiger partial charge in [-0.15, -0.1) is 0 Å². The van der Waals surface area contributed by atoms with Crippen LogP contribution in [0.5, 0.6) is 0 Å². The third-order valence-electron chi connectivity index (χ3n) is 3.09. The van der Waals surface area contributed by atoms with Crippen LogP contribution in [0.25, 0.3) is 0 Å². The lowest BCUT2D eigenvalue weighted by Crippen LogP contribution is -2.48. The molecule has 1 saturated heterocycles. The first-order chi connectivity index (χ1) is 7.41. The number of amides is 1. The summed E-state index contributed by atoms with van der Waals surface area (Å²) in [7, 11) is 0. The molecule has 1 unspecified atom stereocenters. The van der Waals surface area contributed by atoms with Crippen molar-refractivity contribution in [1.82, 2.24) is 5.32 Å². The molecule has 1 fully saturated rings. The van der Waals surface area contributed by atoms with Crippen molar-refractivity contribution in [3.8, 4) is 0 Å². The van der Waals surface area contributed by atoms with Crippen LogP contribution in [-0.4, -0.2) is 31.7 Å². The molecule has 4 heteroatoms. The van der Waals surface area contributed by atoms with Crippen molar-refractivity contribution in [1.29, 1.82) is 0 Å². The quantitative estimate of drug-likeness (QED) is 0.751. The van der Waals surface area contributed by atoms with Crippen LogP contribution < -0.4 is 11.1 Å². The number of carbonyl (C=O) groups excluding carboxylic acids is 1. The molecule has 94 valence electrons. The Morgan fingerprint density at radius 1 is 1.56 bits per heavy atom. The minimum atomic E-state index is -0.438. The maximum Gasteiger partial charge on any atom is 0.237 e. The summed E-state index contributed by atoms with van der Waals surface area (Å²) in [5.41, 5.74) is 5.67. The van der Waals surface area contributed by atoms with E-state index in [4.69, 9.17) is 10.5 Å². The van der Waals surface area contributed by atoms with Gasteiger partial charge in [-0.25, -0.2) is 0 Å². The summed E-state index contributed by atoms with van der Waals surface area (Å²) in [5.74, 6) is 0.553. The number of nitrogens with one attached hydrogen (secondary N) is 1. The molecule has 0 bridgehead atoms. The van der Waals surface area contributed by atoms with Crippen LogP contribution in [0.1, 0.15) is 33.6 Å². The third-order valence-corrected chi connectivity index (χ3v) is 3.09. The van der Waals surface area contributed by atoms with E-state index in [9.17, 15) is 4.79 Å². The summed E-state index contributed by atoms with van der Waals surface area (Å²) < 4.78 is 5.28. The minimum Gasteiger partial charge on any atom is -0.381 e. The van der Waals surface area contributed by atoms with Crippen LogP contribution in [0.2, 0.25) is 0 Å². The summed E-state index contributed by atoms with van der Waals surface area (Å²) >= 11 is 0. The molecule has 1 aliphatic rings. The fourth-order valence-corrected chi connectivity index (χ4v) is 1.71. The second kappa shape index (κ2) is 5.64. The van der Waals surface area contributed by atoms with Crippen molar-refractivity contribution >= 4 is 5.91 Å². The average Bonchev–Trinajstić information content (AvgIpc) is 2.67. The first-order valence-electron chi connectivity index (χ1n) is 6.02. The van der Waals surface area contributed by atoms with E-state index in [1.807, 2.05) is 20.8 Å². The van der Waals surface area contributed by atoms with E-state index in [0.29, 0.717) is 12.5 Å². The van der Waals surface area contributed by atoms with Gasteiger partial charge in [0, 0.05) is 19.8 Å². The molecule has 16 heavy (non-hydrogen) atoms. The highest BCUT2D eigenvalue weighted by Gasteiger charge is 2.27. The number of rotatable bonds is 4. The number of carbonyl (C=O) groups is 1. The second-order valence-electron chi connectivity index (χ2n) is 5.65. The van der Waals surface area contributed by atoms with Crippen molar-refractivity contribution < 1.29 is 9.53 Å². The highest BCUT2D eigenvalue weighted by molar-refractivity contribution is 5.82. The Balaban J connectivity index is 2.19. The predicted octanol–water partition coefficient (Wildman–Crippen LogP) is 0.903. The first-order valence-corrected chi connectivity index (χ1v) is 6.02.